The first-order valence-corrected chi connectivity index (χ1v) is 36.9. The van der Waals surface area contributed by atoms with Gasteiger partial charge < -0.3 is 73.4 Å². The quantitative estimate of drug-likeness (QED) is 0.0897. The van der Waals surface area contributed by atoms with Crippen LogP contribution in [0.1, 0.15) is 0 Å². The van der Waals surface area contributed by atoms with Crippen molar-refractivity contribution in [2.45, 2.75) is 0 Å². The Labute approximate surface area is 476 Å². The van der Waals surface area contributed by atoms with Crippen LogP contribution in [0.5, 0.6) is 0 Å². The second kappa shape index (κ2) is 44.5. The summed E-state index contributed by atoms with van der Waals surface area (Å²) in [5.41, 5.74) is 0. The largest absolute Gasteiger partial charge is 0.466 e. The van der Waals surface area contributed by atoms with E-state index in [1.54, 1.807) is 70.1 Å². The van der Waals surface area contributed by atoms with E-state index in [2.05, 4.69) is 0 Å². The average molecular weight is 1390 g/mol. The lowest BCUT2D eigenvalue weighted by Crippen LogP contribution is -2.30. The molecule has 500 valence electrons. The van der Waals surface area contributed by atoms with Crippen molar-refractivity contribution in [3.8, 4) is 0 Å². The van der Waals surface area contributed by atoms with Crippen LogP contribution in [-0.2, 0) is 45.7 Å². The maximum Gasteiger partial charge on any atom is 0.466 e. The predicted molar refractivity (Wildman–Crippen MR) is 315 cm³/mol. The highest BCUT2D eigenvalue weighted by molar-refractivity contribution is 7.57. The maximum absolute atomic E-state index is 12.1. The first-order chi connectivity index (χ1) is 34.2. The van der Waals surface area contributed by atoms with Gasteiger partial charge in [-0.25, -0.2) is 92.9 Å². The zero-order chi connectivity index (χ0) is 68.7. The van der Waals surface area contributed by atoms with Crippen molar-refractivity contribution in [2.75, 3.05) is 211 Å². The van der Waals surface area contributed by atoms with Crippen LogP contribution in [0.3, 0.4) is 0 Å². The van der Waals surface area contributed by atoms with E-state index in [4.69, 9.17) is 96.2 Å². The monoisotopic (exact) mass is 1390 g/mol. The molecule has 0 bridgehead atoms. The van der Waals surface area contributed by atoms with Gasteiger partial charge in [-0.2, -0.15) is 0 Å². The van der Waals surface area contributed by atoms with Crippen LogP contribution in [0.15, 0.2) is 0 Å². The van der Waals surface area contributed by atoms with E-state index < -0.39 is 77.1 Å². The molecule has 0 saturated heterocycles. The van der Waals surface area contributed by atoms with Crippen molar-refractivity contribution in [1.29, 1.82) is 0 Å². The first-order valence-electron chi connectivity index (χ1n) is 21.2. The molecule has 0 aromatic heterocycles. The predicted octanol–water partition coefficient (Wildman–Crippen LogP) is -0.746. The lowest BCUT2D eigenvalue weighted by molar-refractivity contribution is 0.272. The van der Waals surface area contributed by atoms with Crippen LogP contribution in [0.25, 0.3) is 0 Å². The minimum atomic E-state index is -4.64. The van der Waals surface area contributed by atoms with Crippen LogP contribution in [-0.4, -0.2) is 355 Å². The Bertz CT molecular complexity index is 1590. The van der Waals surface area contributed by atoms with Gasteiger partial charge in [0.05, 0.1) is 0 Å². The van der Waals surface area contributed by atoms with E-state index in [1.165, 1.54) is 0 Å². The number of nitrogens with zero attached hydrogens (tertiary/aromatic N) is 15. The van der Waals surface area contributed by atoms with Crippen molar-refractivity contribution >= 4 is 77.1 Å². The van der Waals surface area contributed by atoms with Crippen LogP contribution in [0, 0.1) is 0 Å². The Morgan fingerprint density at radius 1 is 0.138 bits per heavy atom. The Morgan fingerprint density at radius 2 is 0.163 bits per heavy atom. The van der Waals surface area contributed by atoms with Gasteiger partial charge in [-0.05, 0) is 211 Å². The van der Waals surface area contributed by atoms with E-state index >= 15 is 0 Å². The third-order valence-corrected chi connectivity index (χ3v) is 23.4. The molecule has 0 rings (SSSR count). The van der Waals surface area contributed by atoms with E-state index in [-0.39, 0.29) is 0 Å². The third-order valence-electron chi connectivity index (χ3n) is 7.82. The Balaban J connectivity index is -0.0000000867. The van der Waals surface area contributed by atoms with Crippen molar-refractivity contribution in [1.82, 2.24) is 70.1 Å². The molecule has 0 saturated carbocycles. The minimum Gasteiger partial charge on any atom is -0.303 e. The molecule has 50 heteroatoms. The Morgan fingerprint density at radius 3 is 0.163 bits per heavy atom. The second-order valence-corrected chi connectivity index (χ2v) is 40.1. The van der Waals surface area contributed by atoms with Crippen LogP contribution in [0.2, 0.25) is 0 Å². The number of hydrogen-bond donors (Lipinski definition) is 15. The van der Waals surface area contributed by atoms with E-state index in [9.17, 15) is 22.8 Å². The van der Waals surface area contributed by atoms with Gasteiger partial charge >= 0.3 is 39.1 Å². The highest BCUT2D eigenvalue weighted by Crippen LogP contribution is 2.53. The van der Waals surface area contributed by atoms with Gasteiger partial charge in [0, 0.05) is 0 Å². The summed E-state index contributed by atoms with van der Waals surface area (Å²) >= 11 is 0. The zero-order valence-electron chi connectivity index (χ0n) is 52.0. The Hall–Kier alpha value is 1.10. The molecule has 0 amide bonds. The van der Waals surface area contributed by atoms with Gasteiger partial charge in [0.15, 0.2) is 0 Å². The number of rotatable bonds is 15. The molecule has 0 aliphatic carbocycles. The van der Waals surface area contributed by atoms with Crippen LogP contribution >= 0.6 is 77.1 Å². The summed E-state index contributed by atoms with van der Waals surface area (Å²) in [5.74, 6) is 0. The summed E-state index contributed by atoms with van der Waals surface area (Å²) in [5, 5.41) is 0. The molecular weight excluding hydrogens is 1280 g/mol. The molecule has 0 fully saturated rings. The van der Waals surface area contributed by atoms with Gasteiger partial charge in [0.2, 0.25) is 0 Å². The van der Waals surface area contributed by atoms with Crippen molar-refractivity contribution in [2.24, 2.45) is 0 Å². The summed E-state index contributed by atoms with van der Waals surface area (Å²) < 4.78 is 131. The molecule has 0 radical (unpaired) electrons. The third kappa shape index (κ3) is 58.1. The van der Waals surface area contributed by atoms with Gasteiger partial charge in [0.1, 0.15) is 0 Å². The summed E-state index contributed by atoms with van der Waals surface area (Å²) in [6, 6.07) is 0. The minimum absolute atomic E-state index is 1.74. The molecule has 0 atom stereocenters. The van der Waals surface area contributed by atoms with Crippen LogP contribution < -0.4 is 0 Å². The molecule has 80 heavy (non-hydrogen) atoms. The smallest absolute Gasteiger partial charge is 0.303 e. The molecule has 40 nitrogen and oxygen atoms in total. The molecule has 0 spiro atoms. The van der Waals surface area contributed by atoms with Crippen molar-refractivity contribution in [3.05, 3.63) is 0 Å². The molecule has 0 aromatic carbocycles. The first kappa shape index (κ1) is 103. The SMILES string of the molecule is CN(C)P(=O)(N(C)C)N(C)C.CN(C)P(=O)(N(C)C)N(C)C.CN(C)P(=O)(N(C)C)N(C)C.CN(C)P(=O)(N(C)C)N(C)C.CN(C)P(=O)(N(C)C)N(C)C.O=P(O)(O)O.O=P(O)(O)O.O=P(O)(O)O.O=P(O)(O)O.O=P(O)(O)O. The highest BCUT2D eigenvalue weighted by Gasteiger charge is 2.33. The highest BCUT2D eigenvalue weighted by atomic mass is 31.2. The molecule has 15 N–H and O–H groups in total. The van der Waals surface area contributed by atoms with Gasteiger partial charge in [0.25, 0.3) is 38.0 Å². The molecule has 0 aromatic rings. The normalized spacial score (nSPS) is 13.0. The van der Waals surface area contributed by atoms with Gasteiger partial charge in [-0.15, -0.1) is 0 Å². The molecule has 0 aliphatic heterocycles. The van der Waals surface area contributed by atoms with Crippen LogP contribution in [0.4, 0.5) is 0 Å². The summed E-state index contributed by atoms with van der Waals surface area (Å²) in [6.45, 7) is 0. The zero-order valence-corrected chi connectivity index (χ0v) is 60.9. The fourth-order valence-corrected chi connectivity index (χ4v) is 16.1. The van der Waals surface area contributed by atoms with E-state index in [1.807, 2.05) is 211 Å². The summed E-state index contributed by atoms with van der Waals surface area (Å²) in [4.78, 5) is 108. The van der Waals surface area contributed by atoms with Gasteiger partial charge in [-0.3, -0.25) is 22.8 Å². The standard InChI is InChI=1S/5C6H18N3OP.5H3O4P/c5*1-7(2)11(10,8(3)4)9(5)6;5*1-5(2,3)4/h5*1-6H3;5*(H3,1,2,3,4). The van der Waals surface area contributed by atoms with Crippen molar-refractivity contribution in [3.63, 3.8) is 0 Å². The lowest BCUT2D eigenvalue weighted by atomic mass is 11.2. The second-order valence-electron chi connectivity index (χ2n) is 17.8. The fourth-order valence-electron chi connectivity index (χ4n) is 5.37. The van der Waals surface area contributed by atoms with E-state index in [0.717, 1.165) is 0 Å². The molecule has 0 unspecified atom stereocenters. The number of phosphoric acid groups is 5. The average Bonchev–Trinajstić information content (AvgIpc) is 3.15. The summed E-state index contributed by atoms with van der Waals surface area (Å²) in [6.07, 6.45) is 0. The van der Waals surface area contributed by atoms with Gasteiger partial charge in [-0.1, -0.05) is 0 Å². The maximum atomic E-state index is 12.1. The van der Waals surface area contributed by atoms with E-state index in [0.29, 0.717) is 0 Å². The Kier molecular flexibility index (Phi) is 57.3. The summed E-state index contributed by atoms with van der Waals surface area (Å²) in [7, 11) is 19.2. The molecule has 0 heterocycles. The topological polar surface area (TPSA) is 523 Å². The fraction of sp³-hybridized carbons (Fsp3) is 1.00. The van der Waals surface area contributed by atoms with Crippen molar-refractivity contribution < 1.29 is 119 Å². The molecular formula is C30H105N15O25P10. The lowest BCUT2D eigenvalue weighted by Gasteiger charge is -2.34. The number of hydrogen-bond acceptors (Lipinski definition) is 10. The molecule has 0 aliphatic rings.